The van der Waals surface area contributed by atoms with E-state index in [1.807, 2.05) is 18.2 Å². The van der Waals surface area contributed by atoms with Crippen molar-refractivity contribution in [3.8, 4) is 11.1 Å². The first kappa shape index (κ1) is 9.57. The Morgan fingerprint density at radius 2 is 1.48 bits per heavy atom. The maximum absolute atomic E-state index is 8.38. The van der Waals surface area contributed by atoms with Crippen molar-refractivity contribution >= 4 is 21.9 Å². The molecular formula is C22H20O. The molecule has 1 heterocycles. The van der Waals surface area contributed by atoms with Gasteiger partial charge in [0.15, 0.2) is 0 Å². The third-order valence-electron chi connectivity index (χ3n) is 4.10. The molecule has 23 heavy (non-hydrogen) atoms. The van der Waals surface area contributed by atoms with Crippen LogP contribution in [0.4, 0.5) is 0 Å². The molecule has 0 aliphatic heterocycles. The van der Waals surface area contributed by atoms with Crippen LogP contribution < -0.4 is 0 Å². The maximum Gasteiger partial charge on any atom is 0.136 e. The minimum atomic E-state index is -0.390. The van der Waals surface area contributed by atoms with Gasteiger partial charge in [0.1, 0.15) is 11.2 Å². The van der Waals surface area contributed by atoms with Crippen LogP contribution in [0.2, 0.25) is 0 Å². The highest BCUT2D eigenvalue weighted by Crippen LogP contribution is 2.41. The highest BCUT2D eigenvalue weighted by molar-refractivity contribution is 6.14. The van der Waals surface area contributed by atoms with E-state index in [0.29, 0.717) is 11.1 Å². The van der Waals surface area contributed by atoms with Crippen LogP contribution in [0, 0.1) is 0 Å². The summed E-state index contributed by atoms with van der Waals surface area (Å²) >= 11 is 0. The predicted molar refractivity (Wildman–Crippen MR) is 97.9 cm³/mol. The molecule has 0 radical (unpaired) electrons. The van der Waals surface area contributed by atoms with E-state index in [-0.39, 0.29) is 35.1 Å². The van der Waals surface area contributed by atoms with Gasteiger partial charge in [-0.15, -0.1) is 0 Å². The number of hydrogen-bond donors (Lipinski definition) is 0. The molecule has 0 saturated carbocycles. The molecular weight excluding hydrogens is 280 g/mol. The van der Waals surface area contributed by atoms with Gasteiger partial charge in [0.2, 0.25) is 0 Å². The van der Waals surface area contributed by atoms with Crippen LogP contribution in [0.25, 0.3) is 33.1 Å². The molecule has 0 amide bonds. The van der Waals surface area contributed by atoms with Crippen molar-refractivity contribution in [1.82, 2.24) is 0 Å². The van der Waals surface area contributed by atoms with E-state index in [1.165, 1.54) is 0 Å². The molecule has 3 aromatic carbocycles. The molecule has 0 aliphatic rings. The van der Waals surface area contributed by atoms with Gasteiger partial charge in [-0.1, -0.05) is 75.2 Å². The Balaban J connectivity index is 2.23. The highest BCUT2D eigenvalue weighted by Gasteiger charge is 2.22. The minimum absolute atomic E-state index is 0.150. The van der Waals surface area contributed by atoms with Gasteiger partial charge >= 0.3 is 0 Å². The SMILES string of the molecule is [2H]c1c([2H])c([2H])c(-c2cccc3oc4cccc(C(C)(C)C)c4c23)c([2H])c1[2H]. The second kappa shape index (κ2) is 4.99. The van der Waals surface area contributed by atoms with E-state index in [1.54, 1.807) is 12.1 Å². The van der Waals surface area contributed by atoms with E-state index in [0.717, 1.165) is 21.9 Å². The quantitative estimate of drug-likeness (QED) is 0.388. The monoisotopic (exact) mass is 305 g/mol. The lowest BCUT2D eigenvalue weighted by molar-refractivity contribution is 0.594. The molecule has 1 heteroatoms. The smallest absolute Gasteiger partial charge is 0.136 e. The van der Waals surface area contributed by atoms with Crippen molar-refractivity contribution in [3.63, 3.8) is 0 Å². The van der Waals surface area contributed by atoms with Crippen molar-refractivity contribution < 1.29 is 11.3 Å². The summed E-state index contributed by atoms with van der Waals surface area (Å²) in [5.41, 5.74) is 3.08. The first-order valence-electron chi connectivity index (χ1n) is 10.1. The average molecular weight is 305 g/mol. The number of furan rings is 1. The molecule has 0 saturated heterocycles. The number of benzene rings is 3. The fraction of sp³-hybridized carbons (Fsp3) is 0.182. The minimum Gasteiger partial charge on any atom is -0.456 e. The lowest BCUT2D eigenvalue weighted by Crippen LogP contribution is -2.11. The summed E-state index contributed by atoms with van der Waals surface area (Å²) in [4.78, 5) is 0. The number of rotatable bonds is 1. The fourth-order valence-corrected chi connectivity index (χ4v) is 3.08. The second-order valence-electron chi connectivity index (χ2n) is 6.71. The Bertz CT molecular complexity index is 1220. The first-order valence-corrected chi connectivity index (χ1v) is 7.65. The lowest BCUT2D eigenvalue weighted by Gasteiger charge is -2.20. The zero-order valence-corrected chi connectivity index (χ0v) is 13.4. The molecule has 0 spiro atoms. The molecule has 0 unspecified atom stereocenters. The predicted octanol–water partition coefficient (Wildman–Crippen LogP) is 6.55. The zero-order chi connectivity index (χ0) is 20.4. The molecule has 0 fully saturated rings. The molecule has 114 valence electrons. The summed E-state index contributed by atoms with van der Waals surface area (Å²) in [6.07, 6.45) is 0. The van der Waals surface area contributed by atoms with E-state index >= 15 is 0 Å². The Morgan fingerprint density at radius 1 is 0.826 bits per heavy atom. The van der Waals surface area contributed by atoms with E-state index in [9.17, 15) is 0 Å². The fourth-order valence-electron chi connectivity index (χ4n) is 3.08. The summed E-state index contributed by atoms with van der Waals surface area (Å²) in [5, 5.41) is 1.70. The van der Waals surface area contributed by atoms with E-state index in [4.69, 9.17) is 11.3 Å². The highest BCUT2D eigenvalue weighted by atomic mass is 16.3. The van der Waals surface area contributed by atoms with Crippen molar-refractivity contribution in [1.29, 1.82) is 0 Å². The molecule has 4 rings (SSSR count). The molecule has 0 atom stereocenters. The summed E-state index contributed by atoms with van der Waals surface area (Å²) in [6, 6.07) is 9.86. The van der Waals surface area contributed by atoms with Crippen molar-refractivity contribution in [3.05, 3.63) is 72.2 Å². The largest absolute Gasteiger partial charge is 0.456 e. The van der Waals surface area contributed by atoms with Crippen LogP contribution in [0.3, 0.4) is 0 Å². The molecule has 1 aromatic heterocycles. The van der Waals surface area contributed by atoms with Crippen molar-refractivity contribution in [2.45, 2.75) is 26.2 Å². The van der Waals surface area contributed by atoms with Gasteiger partial charge in [-0.05, 0) is 34.2 Å². The molecule has 0 bridgehead atoms. The molecule has 4 aromatic rings. The Morgan fingerprint density at radius 3 is 2.17 bits per heavy atom. The summed E-state index contributed by atoms with van der Waals surface area (Å²) in [7, 11) is 0. The summed E-state index contributed by atoms with van der Waals surface area (Å²) in [5.74, 6) is 0. The van der Waals surface area contributed by atoms with Crippen molar-refractivity contribution in [2.24, 2.45) is 0 Å². The maximum atomic E-state index is 8.38. The Hall–Kier alpha value is -2.54. The van der Waals surface area contributed by atoms with Gasteiger partial charge in [-0.2, -0.15) is 0 Å². The van der Waals surface area contributed by atoms with Crippen LogP contribution in [0.5, 0.6) is 0 Å². The van der Waals surface area contributed by atoms with Crippen molar-refractivity contribution in [2.75, 3.05) is 0 Å². The first-order chi connectivity index (χ1) is 13.1. The van der Waals surface area contributed by atoms with Crippen LogP contribution in [0.1, 0.15) is 33.2 Å². The van der Waals surface area contributed by atoms with Gasteiger partial charge in [-0.3, -0.25) is 0 Å². The van der Waals surface area contributed by atoms with Gasteiger partial charge in [0.25, 0.3) is 0 Å². The topological polar surface area (TPSA) is 13.1 Å². The zero-order valence-electron chi connectivity index (χ0n) is 18.4. The normalized spacial score (nSPS) is 15.2. The third kappa shape index (κ3) is 2.24. The van der Waals surface area contributed by atoms with E-state index in [2.05, 4.69) is 26.8 Å². The molecule has 0 aliphatic carbocycles. The molecule has 1 nitrogen and oxygen atoms in total. The van der Waals surface area contributed by atoms with Gasteiger partial charge in [0.05, 0.1) is 6.85 Å². The van der Waals surface area contributed by atoms with Crippen LogP contribution in [0.15, 0.2) is 71.0 Å². The average Bonchev–Trinajstić information content (AvgIpc) is 3.03. The Kier molecular flexibility index (Phi) is 2.07. The van der Waals surface area contributed by atoms with Crippen LogP contribution in [-0.4, -0.2) is 0 Å². The van der Waals surface area contributed by atoms with Gasteiger partial charge < -0.3 is 4.42 Å². The van der Waals surface area contributed by atoms with Crippen LogP contribution >= 0.6 is 0 Å². The summed E-state index contributed by atoms with van der Waals surface area (Å²) < 4.78 is 46.7. The third-order valence-corrected chi connectivity index (χ3v) is 4.10. The van der Waals surface area contributed by atoms with E-state index < -0.39 is 6.04 Å². The standard InChI is InChI=1S/C22H20O/c1-22(2,3)17-12-8-14-19-21(17)20-16(11-7-13-18(20)23-19)15-9-5-4-6-10-15/h4-14H,1-3H3/i4D,5D,6D,9D,10D. The lowest BCUT2D eigenvalue weighted by atomic mass is 9.83. The molecule has 0 N–H and O–H groups in total. The second-order valence-corrected chi connectivity index (χ2v) is 6.71. The van der Waals surface area contributed by atoms with Gasteiger partial charge in [0, 0.05) is 10.8 Å². The van der Waals surface area contributed by atoms with Gasteiger partial charge in [-0.25, -0.2) is 0 Å². The summed E-state index contributed by atoms with van der Waals surface area (Å²) in [6.45, 7) is 6.36. The van der Waals surface area contributed by atoms with Crippen LogP contribution in [-0.2, 0) is 5.41 Å². The number of hydrogen-bond acceptors (Lipinski definition) is 1. The number of fused-ring (bicyclic) bond motifs is 3. The Labute approximate surface area is 143 Å².